The SMILES string of the molecule is O=C(NC1CCCC1)c1cncc(Nc2cccc(F)c2)c1. The maximum absolute atomic E-state index is 13.2. The van der Waals surface area contributed by atoms with Gasteiger partial charge in [0.1, 0.15) is 5.82 Å². The van der Waals surface area contributed by atoms with Crippen molar-refractivity contribution in [2.24, 2.45) is 0 Å². The molecule has 0 atom stereocenters. The summed E-state index contributed by atoms with van der Waals surface area (Å²) in [5.74, 6) is -0.421. The summed E-state index contributed by atoms with van der Waals surface area (Å²) in [4.78, 5) is 16.3. The van der Waals surface area contributed by atoms with Gasteiger partial charge in [-0.25, -0.2) is 4.39 Å². The number of nitrogens with zero attached hydrogens (tertiary/aromatic N) is 1. The molecule has 1 aliphatic rings. The number of hydrogen-bond donors (Lipinski definition) is 2. The summed E-state index contributed by atoms with van der Waals surface area (Å²) in [6, 6.07) is 8.16. The Morgan fingerprint density at radius 2 is 1.95 bits per heavy atom. The molecule has 114 valence electrons. The number of nitrogens with one attached hydrogen (secondary N) is 2. The topological polar surface area (TPSA) is 54.0 Å². The largest absolute Gasteiger partial charge is 0.354 e. The maximum Gasteiger partial charge on any atom is 0.253 e. The Hall–Kier alpha value is -2.43. The molecule has 1 amide bonds. The molecule has 0 aliphatic heterocycles. The molecule has 0 unspecified atom stereocenters. The molecule has 0 radical (unpaired) electrons. The van der Waals surface area contributed by atoms with Gasteiger partial charge in [-0.15, -0.1) is 0 Å². The Kier molecular flexibility index (Phi) is 4.32. The minimum Gasteiger partial charge on any atom is -0.354 e. The number of anilines is 2. The van der Waals surface area contributed by atoms with E-state index in [0.29, 0.717) is 16.9 Å². The van der Waals surface area contributed by atoms with Gasteiger partial charge in [-0.2, -0.15) is 0 Å². The van der Waals surface area contributed by atoms with Crippen molar-refractivity contribution in [1.82, 2.24) is 10.3 Å². The minimum absolute atomic E-state index is 0.109. The van der Waals surface area contributed by atoms with Crippen molar-refractivity contribution in [3.8, 4) is 0 Å². The van der Waals surface area contributed by atoms with E-state index in [1.54, 1.807) is 30.6 Å². The van der Waals surface area contributed by atoms with Gasteiger partial charge in [-0.05, 0) is 37.1 Å². The summed E-state index contributed by atoms with van der Waals surface area (Å²) in [6.07, 6.45) is 7.58. The van der Waals surface area contributed by atoms with Crippen LogP contribution in [0.5, 0.6) is 0 Å². The number of carbonyl (C=O) groups excluding carboxylic acids is 1. The lowest BCUT2D eigenvalue weighted by Gasteiger charge is -2.12. The van der Waals surface area contributed by atoms with E-state index in [-0.39, 0.29) is 17.8 Å². The van der Waals surface area contributed by atoms with Crippen LogP contribution in [0.4, 0.5) is 15.8 Å². The zero-order valence-electron chi connectivity index (χ0n) is 12.2. The van der Waals surface area contributed by atoms with Gasteiger partial charge in [0.15, 0.2) is 0 Å². The molecule has 5 heteroatoms. The van der Waals surface area contributed by atoms with Gasteiger partial charge >= 0.3 is 0 Å². The molecule has 22 heavy (non-hydrogen) atoms. The van der Waals surface area contributed by atoms with Crippen molar-refractivity contribution >= 4 is 17.3 Å². The summed E-state index contributed by atoms with van der Waals surface area (Å²) in [7, 11) is 0. The van der Waals surface area contributed by atoms with Crippen molar-refractivity contribution in [3.05, 3.63) is 54.1 Å². The van der Waals surface area contributed by atoms with Gasteiger partial charge in [-0.1, -0.05) is 18.9 Å². The van der Waals surface area contributed by atoms with Gasteiger partial charge in [0.25, 0.3) is 5.91 Å². The van der Waals surface area contributed by atoms with Crippen LogP contribution in [-0.2, 0) is 0 Å². The minimum atomic E-state index is -0.312. The summed E-state index contributed by atoms with van der Waals surface area (Å²) in [6.45, 7) is 0. The van der Waals surface area contributed by atoms with E-state index in [4.69, 9.17) is 0 Å². The van der Waals surface area contributed by atoms with Gasteiger partial charge < -0.3 is 10.6 Å². The molecular weight excluding hydrogens is 281 g/mol. The molecule has 1 saturated carbocycles. The van der Waals surface area contributed by atoms with Crippen LogP contribution < -0.4 is 10.6 Å². The van der Waals surface area contributed by atoms with Crippen molar-refractivity contribution in [1.29, 1.82) is 0 Å². The molecule has 0 spiro atoms. The highest BCUT2D eigenvalue weighted by Gasteiger charge is 2.18. The van der Waals surface area contributed by atoms with E-state index in [1.165, 1.54) is 25.0 Å². The predicted octanol–water partition coefficient (Wildman–Crippen LogP) is 3.64. The lowest BCUT2D eigenvalue weighted by Crippen LogP contribution is -2.32. The number of halogens is 1. The van der Waals surface area contributed by atoms with E-state index in [0.717, 1.165) is 12.8 Å². The molecule has 0 saturated heterocycles. The fourth-order valence-corrected chi connectivity index (χ4v) is 2.70. The van der Waals surface area contributed by atoms with Crippen LogP contribution >= 0.6 is 0 Å². The Morgan fingerprint density at radius 1 is 1.14 bits per heavy atom. The number of amides is 1. The monoisotopic (exact) mass is 299 g/mol. The molecular formula is C17H18FN3O. The molecule has 2 N–H and O–H groups in total. The van der Waals surface area contributed by atoms with E-state index in [2.05, 4.69) is 15.6 Å². The zero-order chi connectivity index (χ0) is 15.4. The molecule has 3 rings (SSSR count). The van der Waals surface area contributed by atoms with Crippen LogP contribution in [0, 0.1) is 5.82 Å². The van der Waals surface area contributed by atoms with Crippen LogP contribution in [0.1, 0.15) is 36.0 Å². The lowest BCUT2D eigenvalue weighted by molar-refractivity contribution is 0.0937. The van der Waals surface area contributed by atoms with Crippen LogP contribution in [0.15, 0.2) is 42.7 Å². The maximum atomic E-state index is 13.2. The standard InChI is InChI=1S/C17H18FN3O/c18-13-4-3-7-15(9-13)20-16-8-12(10-19-11-16)17(22)21-14-5-1-2-6-14/h3-4,7-11,14,20H,1-2,5-6H2,(H,21,22). The highest BCUT2D eigenvalue weighted by Crippen LogP contribution is 2.20. The summed E-state index contributed by atoms with van der Waals surface area (Å²) < 4.78 is 13.2. The van der Waals surface area contributed by atoms with Gasteiger partial charge in [0.05, 0.1) is 17.4 Å². The number of pyridine rings is 1. The van der Waals surface area contributed by atoms with Crippen molar-refractivity contribution in [3.63, 3.8) is 0 Å². The van der Waals surface area contributed by atoms with Crippen LogP contribution in [-0.4, -0.2) is 16.9 Å². The first-order chi connectivity index (χ1) is 10.7. The van der Waals surface area contributed by atoms with Gasteiger partial charge in [-0.3, -0.25) is 9.78 Å². The van der Waals surface area contributed by atoms with E-state index >= 15 is 0 Å². The average Bonchev–Trinajstić information content (AvgIpc) is 3.00. The molecule has 1 aromatic heterocycles. The number of rotatable bonds is 4. The average molecular weight is 299 g/mol. The van der Waals surface area contributed by atoms with Crippen molar-refractivity contribution < 1.29 is 9.18 Å². The molecule has 0 bridgehead atoms. The first-order valence-electron chi connectivity index (χ1n) is 7.49. The third kappa shape index (κ3) is 3.61. The number of hydrogen-bond acceptors (Lipinski definition) is 3. The lowest BCUT2D eigenvalue weighted by atomic mass is 10.2. The van der Waals surface area contributed by atoms with Crippen LogP contribution in [0.3, 0.4) is 0 Å². The molecule has 1 aromatic carbocycles. The predicted molar refractivity (Wildman–Crippen MR) is 83.6 cm³/mol. The van der Waals surface area contributed by atoms with Crippen molar-refractivity contribution in [2.75, 3.05) is 5.32 Å². The van der Waals surface area contributed by atoms with Crippen LogP contribution in [0.2, 0.25) is 0 Å². The molecule has 1 heterocycles. The second kappa shape index (κ2) is 6.56. The first-order valence-corrected chi connectivity index (χ1v) is 7.49. The fourth-order valence-electron chi connectivity index (χ4n) is 2.70. The van der Waals surface area contributed by atoms with Crippen molar-refractivity contribution in [2.45, 2.75) is 31.7 Å². The fraction of sp³-hybridized carbons (Fsp3) is 0.294. The van der Waals surface area contributed by atoms with Gasteiger partial charge in [0, 0.05) is 17.9 Å². The van der Waals surface area contributed by atoms with E-state index in [1.807, 2.05) is 0 Å². The molecule has 4 nitrogen and oxygen atoms in total. The Bertz CT molecular complexity index is 668. The zero-order valence-corrected chi connectivity index (χ0v) is 12.2. The Morgan fingerprint density at radius 3 is 2.73 bits per heavy atom. The molecule has 1 fully saturated rings. The highest BCUT2D eigenvalue weighted by molar-refractivity contribution is 5.95. The Labute approximate surface area is 128 Å². The summed E-state index contributed by atoms with van der Waals surface area (Å²) in [5, 5.41) is 6.08. The van der Waals surface area contributed by atoms with Crippen LogP contribution in [0.25, 0.3) is 0 Å². The second-order valence-electron chi connectivity index (χ2n) is 5.55. The number of aromatic nitrogens is 1. The summed E-state index contributed by atoms with van der Waals surface area (Å²) in [5.41, 5.74) is 1.79. The van der Waals surface area contributed by atoms with Gasteiger partial charge in [0.2, 0.25) is 0 Å². The quantitative estimate of drug-likeness (QED) is 0.906. The second-order valence-corrected chi connectivity index (χ2v) is 5.55. The number of benzene rings is 1. The summed E-state index contributed by atoms with van der Waals surface area (Å²) >= 11 is 0. The first kappa shape index (κ1) is 14.5. The third-order valence-corrected chi connectivity index (χ3v) is 3.80. The number of carbonyl (C=O) groups is 1. The molecule has 2 aromatic rings. The molecule has 1 aliphatic carbocycles. The van der Waals surface area contributed by atoms with E-state index < -0.39 is 0 Å². The normalized spacial score (nSPS) is 14.8. The Balaban J connectivity index is 1.70. The smallest absolute Gasteiger partial charge is 0.253 e. The highest BCUT2D eigenvalue weighted by atomic mass is 19.1. The van der Waals surface area contributed by atoms with E-state index in [9.17, 15) is 9.18 Å². The third-order valence-electron chi connectivity index (χ3n) is 3.80.